The fourth-order valence-corrected chi connectivity index (χ4v) is 17.0. The van der Waals surface area contributed by atoms with E-state index in [9.17, 15) is 33.6 Å². The predicted molar refractivity (Wildman–Crippen MR) is 494 cm³/mol. The van der Waals surface area contributed by atoms with Crippen LogP contribution >= 0.6 is 85.0 Å². The lowest BCUT2D eigenvalue weighted by Crippen LogP contribution is -2.36. The molecule has 0 bridgehead atoms. The lowest BCUT2D eigenvalue weighted by Gasteiger charge is -2.20. The molecule has 10 N–H and O–H groups in total. The van der Waals surface area contributed by atoms with E-state index in [0.29, 0.717) is 113 Å². The molecule has 4 fully saturated rings. The van der Waals surface area contributed by atoms with Gasteiger partial charge in [0.2, 0.25) is 0 Å². The number of para-hydroxylation sites is 5. The van der Waals surface area contributed by atoms with E-state index in [0.717, 1.165) is 106 Å². The first-order valence-electron chi connectivity index (χ1n) is 39.6. The smallest absolute Gasteiger partial charge is 0.492 e. The number of rotatable bonds is 22. The molecule has 4 saturated heterocycles. The van der Waals surface area contributed by atoms with Crippen LogP contribution in [0.5, 0.6) is 28.7 Å². The Kier molecular flexibility index (Phi) is 41.4. The molecule has 10 aromatic rings. The van der Waals surface area contributed by atoms with Gasteiger partial charge in [0.1, 0.15) is 77.1 Å². The van der Waals surface area contributed by atoms with Crippen molar-refractivity contribution in [3.63, 3.8) is 0 Å². The molecule has 0 aliphatic carbocycles. The van der Waals surface area contributed by atoms with Gasteiger partial charge in [0.05, 0.1) is 57.8 Å². The first-order valence-corrected chi connectivity index (χ1v) is 44.8. The minimum Gasteiger partial charge on any atom is -0.497 e. The van der Waals surface area contributed by atoms with Crippen molar-refractivity contribution in [1.29, 1.82) is 5.26 Å². The van der Waals surface area contributed by atoms with Crippen molar-refractivity contribution in [1.82, 2.24) is 60.9 Å². The summed E-state index contributed by atoms with van der Waals surface area (Å²) in [5.74, 6) is 2.77. The van der Waals surface area contributed by atoms with Gasteiger partial charge >= 0.3 is 31.2 Å². The number of aromatic carboxylic acids is 2. The molecule has 4 aliphatic heterocycles. The zero-order valence-electron chi connectivity index (χ0n) is 71.6. The second-order valence-corrected chi connectivity index (χ2v) is 35.8. The van der Waals surface area contributed by atoms with E-state index in [4.69, 9.17) is 64.4 Å². The van der Waals surface area contributed by atoms with E-state index in [2.05, 4.69) is 62.1 Å². The highest BCUT2D eigenvalue weighted by molar-refractivity contribution is 9.11. The number of nitrogens with two attached hydrogens (primary N) is 1. The number of aromatic nitrogens is 5. The van der Waals surface area contributed by atoms with E-state index in [1.54, 1.807) is 68.4 Å². The van der Waals surface area contributed by atoms with Crippen LogP contribution < -0.4 is 56.1 Å². The normalized spacial score (nSPS) is 15.3. The number of hydrogen-bond acceptors (Lipinski definition) is 30. The average Bonchev–Trinajstić information content (AvgIpc) is 1.68. The van der Waals surface area contributed by atoms with Crippen LogP contribution in [-0.2, 0) is 9.47 Å². The summed E-state index contributed by atoms with van der Waals surface area (Å²) in [4.78, 5) is 109. The molecule has 9 heterocycles. The second kappa shape index (κ2) is 51.0. The Hall–Kier alpha value is -10.9. The summed E-state index contributed by atoms with van der Waals surface area (Å²) >= 11 is 9.92. The van der Waals surface area contributed by atoms with E-state index < -0.39 is 36.4 Å². The van der Waals surface area contributed by atoms with Crippen LogP contribution in [0.2, 0.25) is 0 Å². The number of nitrogens with zero attached hydrogens (tertiary/aromatic N) is 9. The van der Waals surface area contributed by atoms with Crippen molar-refractivity contribution < 1.29 is 87.0 Å². The number of nitrogens with one attached hydrogen (secondary N) is 4. The van der Waals surface area contributed by atoms with Crippen molar-refractivity contribution >= 4 is 139 Å². The highest BCUT2D eigenvalue weighted by Crippen LogP contribution is 2.37. The number of nitriles is 1. The molecule has 0 spiro atoms. The van der Waals surface area contributed by atoms with Gasteiger partial charge in [-0.25, -0.2) is 44.1 Å². The molecule has 14 rings (SSSR count). The zero-order valence-corrected chi connectivity index (χ0v) is 78.1. The van der Waals surface area contributed by atoms with Crippen molar-refractivity contribution in [3.8, 4) is 77.2 Å². The third-order valence-corrected chi connectivity index (χ3v) is 23.8. The maximum Gasteiger partial charge on any atom is 0.492 e. The van der Waals surface area contributed by atoms with Gasteiger partial charge in [-0.3, -0.25) is 14.4 Å². The number of ether oxygens (including phenoxy) is 7. The van der Waals surface area contributed by atoms with Crippen molar-refractivity contribution in [3.05, 3.63) is 181 Å². The van der Waals surface area contributed by atoms with Gasteiger partial charge < -0.3 is 95.1 Å². The molecule has 0 saturated carbocycles. The molecular weight excluding hydrogens is 1800 g/mol. The molecule has 4 aliphatic rings. The number of carboxylic acid groups (broad SMARTS) is 2. The zero-order chi connectivity index (χ0) is 90.8. The SMILES string of the molecule is CC(C)(C)OC(=O)NC[C@H]1CCNC1.COc1ccccc1-c1nc(C(=O)N2CC[C@H](CN)C2)cs1.COc1ccccc1-c1nc(C(=O)N2CC[C@H](CNC#N)C2)cs1.COc1ccccc1-c1nc(C(=O)N2CC[C@H](CNC(=O)OC(C)(C)C)C2)cs1.COc1ccccc1-c1nc(C(=O)O)cs1.COc1ccccc1B(O)O.Cl.O=C(O)c1csc(Br)n1. The molecule has 0 unspecified atom stereocenters. The van der Waals surface area contributed by atoms with E-state index in [-0.39, 0.29) is 53.5 Å². The van der Waals surface area contributed by atoms with Crippen LogP contribution in [0, 0.1) is 35.1 Å². The van der Waals surface area contributed by atoms with Crippen molar-refractivity contribution in [2.75, 3.05) is 114 Å². The molecule has 4 atom stereocenters. The quantitative estimate of drug-likeness (QED) is 0.0173. The fraction of sp³-hybridized carbons (Fsp3) is 0.384. The topological polar surface area (TPSA) is 437 Å². The van der Waals surface area contributed by atoms with Crippen LogP contribution in [0.3, 0.4) is 0 Å². The van der Waals surface area contributed by atoms with Crippen LogP contribution in [0.15, 0.2) is 152 Å². The van der Waals surface area contributed by atoms with Gasteiger partial charge in [-0.2, -0.15) is 5.26 Å². The van der Waals surface area contributed by atoms with Gasteiger partial charge in [-0.05, 0) is 181 Å². The Morgan fingerprint density at radius 2 is 0.810 bits per heavy atom. The van der Waals surface area contributed by atoms with E-state index >= 15 is 0 Å². The van der Waals surface area contributed by atoms with Gasteiger partial charge in [0.25, 0.3) is 17.7 Å². The van der Waals surface area contributed by atoms with E-state index in [1.807, 2.05) is 160 Å². The number of methoxy groups -OCH3 is 5. The third-order valence-electron chi connectivity index (χ3n) is 18.9. The lowest BCUT2D eigenvalue weighted by molar-refractivity contribution is 0.0508. The Morgan fingerprint density at radius 1 is 0.484 bits per heavy atom. The number of likely N-dealkylation sites (tertiary alicyclic amines) is 3. The molecule has 5 aromatic heterocycles. The minimum atomic E-state index is -1.47. The van der Waals surface area contributed by atoms with Gasteiger partial charge in [0, 0.05) is 91.3 Å². The summed E-state index contributed by atoms with van der Waals surface area (Å²) in [5, 5.41) is 66.2. The number of alkyl carbamates (subject to hydrolysis) is 2. The Balaban J connectivity index is 0.000000207. The second-order valence-electron chi connectivity index (χ2n) is 30.2. The monoisotopic (exact) mass is 1910 g/mol. The Bertz CT molecular complexity index is 5210. The summed E-state index contributed by atoms with van der Waals surface area (Å²) in [6, 6.07) is 37.1. The summed E-state index contributed by atoms with van der Waals surface area (Å²) in [7, 11) is 6.47. The summed E-state index contributed by atoms with van der Waals surface area (Å²) in [6.07, 6.45) is 5.04. The highest BCUT2D eigenvalue weighted by Gasteiger charge is 2.33. The van der Waals surface area contributed by atoms with Gasteiger partial charge in [0.15, 0.2) is 21.5 Å². The average molecular weight is 1910 g/mol. The van der Waals surface area contributed by atoms with Gasteiger partial charge in [-0.1, -0.05) is 66.7 Å². The maximum absolute atomic E-state index is 12.8. The van der Waals surface area contributed by atoms with Crippen LogP contribution in [0.25, 0.3) is 42.3 Å². The van der Waals surface area contributed by atoms with Crippen LogP contribution in [-0.4, -0.2) is 234 Å². The fourth-order valence-electron chi connectivity index (χ4n) is 12.7. The number of benzene rings is 5. The number of halogens is 2. The number of carboxylic acids is 2. The molecule has 126 heavy (non-hydrogen) atoms. The summed E-state index contributed by atoms with van der Waals surface area (Å²) in [5.41, 5.74) is 10.2. The summed E-state index contributed by atoms with van der Waals surface area (Å²) in [6.45, 7) is 19.7. The molecule has 5 amide bonds. The van der Waals surface area contributed by atoms with Crippen molar-refractivity contribution in [2.45, 2.75) is 78.4 Å². The number of amides is 5. The molecule has 5 aromatic carbocycles. The lowest BCUT2D eigenvalue weighted by atomic mass is 9.80. The van der Waals surface area contributed by atoms with Gasteiger partial charge in [-0.15, -0.1) is 69.1 Å². The third kappa shape index (κ3) is 31.9. The molecule has 40 heteroatoms. The van der Waals surface area contributed by atoms with Crippen LogP contribution in [0.1, 0.15) is 120 Å². The number of hydrogen-bond donors (Lipinski definition) is 9. The van der Waals surface area contributed by atoms with Crippen LogP contribution in [0.4, 0.5) is 9.59 Å². The molecular formula is C86H105BBrClN14O18S5. The first-order chi connectivity index (χ1) is 59.9. The minimum absolute atomic E-state index is 0. The maximum atomic E-state index is 12.8. The van der Waals surface area contributed by atoms with Crippen molar-refractivity contribution in [2.24, 2.45) is 29.4 Å². The van der Waals surface area contributed by atoms with E-state index in [1.165, 1.54) is 74.6 Å². The molecule has 0 radical (unpaired) electrons. The largest absolute Gasteiger partial charge is 0.497 e. The Morgan fingerprint density at radius 3 is 1.11 bits per heavy atom. The highest BCUT2D eigenvalue weighted by atomic mass is 79.9. The first kappa shape index (κ1) is 102. The number of thiazole rings is 5. The number of carbonyl (C=O) groups is 7. The predicted octanol–water partition coefficient (Wildman–Crippen LogP) is 13.4. The summed E-state index contributed by atoms with van der Waals surface area (Å²) < 4.78 is 37.2. The Labute approximate surface area is 766 Å². The molecule has 32 nitrogen and oxygen atoms in total. The standard InChI is InChI=1S/C21H27N3O4S.C17H18N4O2S.C16H19N3O2S.C11H9NO3S.C10H20N2O2.C7H9BO3.C4H2BrNO2S.ClH/c1-21(2,3)28-20(26)22-11-14-9-10-24(12-14)19(25)16-13-29-18(23-16)15-7-5-6-8-17(15)27-4;1-23-15-5-3-2-4-13(15)16-20-14(10-24-16)17(22)21-7-6-12(9-21)8-19-11-18;1-21-14-5-3-2-4-12(14)15-18-13(10-22-15)16(20)19-7-6-11(8-17)9-19;1-15-9-5-3-2-4-7(9)10-12-8(6-16-10)11(13)14;1-10(2,3)14-9(13)12-7-8-4-5-11-6-8;1-11-7-5-3-2-4-6(7)8(9)10;5-4-6-2(1-9-4)3(7)8;/h5-8,13-14H,9-12H2,1-4H3,(H,22,26);2-5,10,12,19H,6-9H2,1H3;2-5,10-11H,6-9,17H2,1H3;2-6H,1H3,(H,13,14);8,11H,4-7H2,1-3H3,(H,12,13);2-5,9-10H,1H3;1H,(H,7,8);1H/t14-;12-;11-;;8-;;;/m111.0.../s1. The molecule has 674 valence electrons. The number of carbonyl (C=O) groups excluding carboxylic acids is 5.